The van der Waals surface area contributed by atoms with Gasteiger partial charge < -0.3 is 24.8 Å². The molecule has 0 bridgehead atoms. The average Bonchev–Trinajstić information content (AvgIpc) is 2.87. The van der Waals surface area contributed by atoms with Gasteiger partial charge in [-0.3, -0.25) is 0 Å². The predicted octanol–water partition coefficient (Wildman–Crippen LogP) is -1.90. The Kier molecular flexibility index (Phi) is 9.23. The van der Waals surface area contributed by atoms with Crippen LogP contribution >= 0.6 is 0 Å². The molecule has 0 spiro atoms. The molecule has 0 saturated carbocycles. The second-order valence-corrected chi connectivity index (χ2v) is 7.56. The maximum atomic E-state index is 3.80. The summed E-state index contributed by atoms with van der Waals surface area (Å²) in [6.07, 6.45) is 18.3. The van der Waals surface area contributed by atoms with E-state index in [1.54, 1.807) is 12.1 Å². The third kappa shape index (κ3) is 5.12. The van der Waals surface area contributed by atoms with Crippen molar-refractivity contribution in [3.05, 3.63) is 55.2 Å². The number of hydrogen-bond acceptors (Lipinski definition) is 0. The zero-order valence-corrected chi connectivity index (χ0v) is 13.7. The molecule has 0 aromatic heterocycles. The van der Waals surface area contributed by atoms with Gasteiger partial charge in [-0.05, 0) is 0 Å². The molecule has 2 rings (SSSR count). The van der Waals surface area contributed by atoms with E-state index in [9.17, 15) is 0 Å². The van der Waals surface area contributed by atoms with Crippen molar-refractivity contribution in [1.82, 2.24) is 0 Å². The van der Waals surface area contributed by atoms with Crippen molar-refractivity contribution in [2.75, 3.05) is 0 Å². The Morgan fingerprint density at radius 2 is 2.06 bits per heavy atom. The van der Waals surface area contributed by atoms with Gasteiger partial charge in [-0.25, -0.2) is 0 Å². The first-order valence-corrected chi connectivity index (χ1v) is 7.98. The van der Waals surface area contributed by atoms with Crippen LogP contribution in [-0.2, 0) is 23.2 Å². The van der Waals surface area contributed by atoms with Crippen molar-refractivity contribution in [3.8, 4) is 0 Å². The van der Waals surface area contributed by atoms with Crippen molar-refractivity contribution < 1.29 is 48.0 Å². The number of rotatable bonds is 5. The Morgan fingerprint density at radius 3 is 2.71 bits per heavy atom. The molecule has 3 heteroatoms. The Bertz CT molecular complexity index is 376. The van der Waals surface area contributed by atoms with E-state index >= 15 is 0 Å². The SMILES string of the molecule is C=CCCC1=[C]([Zr+2][C]2=CC=CC2)CC=C1.[Cl-].[Cl-]. The zero-order valence-electron chi connectivity index (χ0n) is 9.76. The molecule has 0 unspecified atom stereocenters. The van der Waals surface area contributed by atoms with Gasteiger partial charge in [-0.2, -0.15) is 0 Å². The molecule has 2 aliphatic rings. The van der Waals surface area contributed by atoms with Crippen LogP contribution in [0.3, 0.4) is 0 Å². The molecule has 0 aromatic rings. The van der Waals surface area contributed by atoms with E-state index in [1.807, 2.05) is 6.08 Å². The molecule has 0 heterocycles. The molecule has 0 nitrogen and oxygen atoms in total. The Hall–Kier alpha value is 0.163. The van der Waals surface area contributed by atoms with Crippen molar-refractivity contribution in [2.24, 2.45) is 0 Å². The normalized spacial score (nSPS) is 16.1. The summed E-state index contributed by atoms with van der Waals surface area (Å²) in [5, 5.41) is 0. The molecule has 0 atom stereocenters. The molecule has 0 aliphatic heterocycles. The van der Waals surface area contributed by atoms with E-state index in [1.165, 1.54) is 19.3 Å². The van der Waals surface area contributed by atoms with Gasteiger partial charge >= 0.3 is 104 Å². The fourth-order valence-electron chi connectivity index (χ4n) is 1.91. The van der Waals surface area contributed by atoms with Crippen molar-refractivity contribution in [3.63, 3.8) is 0 Å². The van der Waals surface area contributed by atoms with E-state index in [2.05, 4.69) is 37.0 Å². The maximum absolute atomic E-state index is 3.80. The van der Waals surface area contributed by atoms with Crippen LogP contribution in [0.5, 0.6) is 0 Å². The Balaban J connectivity index is 0.00000128. The van der Waals surface area contributed by atoms with Crippen LogP contribution in [-0.4, -0.2) is 0 Å². The predicted molar refractivity (Wildman–Crippen MR) is 62.1 cm³/mol. The summed E-state index contributed by atoms with van der Waals surface area (Å²) in [7, 11) is 0. The van der Waals surface area contributed by atoms with Crippen LogP contribution in [0.25, 0.3) is 0 Å². The molecule has 90 valence electrons. The van der Waals surface area contributed by atoms with E-state index in [-0.39, 0.29) is 24.8 Å². The van der Waals surface area contributed by atoms with E-state index in [0.717, 1.165) is 6.42 Å². The van der Waals surface area contributed by atoms with Crippen LogP contribution < -0.4 is 24.8 Å². The van der Waals surface area contributed by atoms with Gasteiger partial charge in [0.1, 0.15) is 0 Å². The summed E-state index contributed by atoms with van der Waals surface area (Å²) in [4.78, 5) is 0. The number of halogens is 2. The standard InChI is InChI=1S/C9H11.C5H5.2ClH.Zr/c1-2-3-6-9-7-4-5-8-9;1-2-4-5-3-1;;;/h2,4,7H,1,3,5-6H2;1-3H,4H2;2*1H;/q;;;;+2/p-2. The minimum absolute atomic E-state index is 0. The van der Waals surface area contributed by atoms with E-state index in [0.29, 0.717) is 0 Å². The summed E-state index contributed by atoms with van der Waals surface area (Å²) in [6, 6.07) is 0. The van der Waals surface area contributed by atoms with E-state index < -0.39 is 23.2 Å². The fourth-order valence-corrected chi connectivity index (χ4v) is 5.29. The van der Waals surface area contributed by atoms with Gasteiger partial charge in [-0.1, -0.05) is 0 Å². The summed E-state index contributed by atoms with van der Waals surface area (Å²) >= 11 is -0.422. The van der Waals surface area contributed by atoms with Gasteiger partial charge in [0.25, 0.3) is 0 Å². The van der Waals surface area contributed by atoms with E-state index in [4.69, 9.17) is 0 Å². The molecule has 0 fully saturated rings. The topological polar surface area (TPSA) is 0 Å². The summed E-state index contributed by atoms with van der Waals surface area (Å²) in [5.41, 5.74) is 1.62. The minimum Gasteiger partial charge on any atom is -1.00 e. The molecule has 0 N–H and O–H groups in total. The van der Waals surface area contributed by atoms with Crippen LogP contribution in [0, 0.1) is 0 Å². The van der Waals surface area contributed by atoms with Crippen LogP contribution in [0.4, 0.5) is 0 Å². The van der Waals surface area contributed by atoms with Crippen LogP contribution in [0.1, 0.15) is 25.7 Å². The Morgan fingerprint density at radius 1 is 1.24 bits per heavy atom. The smallest absolute Gasteiger partial charge is 1.00 e. The fraction of sp³-hybridized carbons (Fsp3) is 0.286. The largest absolute Gasteiger partial charge is 1.00 e. The zero-order chi connectivity index (χ0) is 10.5. The number of hydrogen-bond donors (Lipinski definition) is 0. The molecule has 0 saturated heterocycles. The minimum atomic E-state index is -0.422. The van der Waals surface area contributed by atoms with Gasteiger partial charge in [0.2, 0.25) is 0 Å². The third-order valence-corrected chi connectivity index (χ3v) is 6.46. The quantitative estimate of drug-likeness (QED) is 0.511. The van der Waals surface area contributed by atoms with Crippen LogP contribution in [0.15, 0.2) is 55.2 Å². The van der Waals surface area contributed by atoms with Crippen molar-refractivity contribution in [1.29, 1.82) is 0 Å². The molecule has 2 aliphatic carbocycles. The first-order chi connectivity index (χ1) is 7.40. The van der Waals surface area contributed by atoms with Crippen molar-refractivity contribution in [2.45, 2.75) is 25.7 Å². The van der Waals surface area contributed by atoms with Crippen molar-refractivity contribution >= 4 is 0 Å². The van der Waals surface area contributed by atoms with Gasteiger partial charge in [0.05, 0.1) is 0 Å². The molecular formula is C14H16Cl2Zr. The second kappa shape index (κ2) is 9.14. The second-order valence-electron chi connectivity index (χ2n) is 3.89. The number of allylic oxidation sites excluding steroid dienone is 9. The summed E-state index contributed by atoms with van der Waals surface area (Å²) in [6.45, 7) is 3.80. The van der Waals surface area contributed by atoms with Crippen LogP contribution in [0.2, 0.25) is 0 Å². The summed E-state index contributed by atoms with van der Waals surface area (Å²) in [5.74, 6) is 0. The molecule has 0 amide bonds. The first kappa shape index (κ1) is 17.2. The van der Waals surface area contributed by atoms with Gasteiger partial charge in [0.15, 0.2) is 0 Å². The molecule has 0 radical (unpaired) electrons. The average molecular weight is 346 g/mol. The molecule has 0 aromatic carbocycles. The van der Waals surface area contributed by atoms with Gasteiger partial charge in [-0.15, -0.1) is 0 Å². The Labute approximate surface area is 128 Å². The van der Waals surface area contributed by atoms with Gasteiger partial charge in [0, 0.05) is 0 Å². The first-order valence-electron chi connectivity index (χ1n) is 5.52. The molecule has 17 heavy (non-hydrogen) atoms. The third-order valence-electron chi connectivity index (χ3n) is 2.73. The summed E-state index contributed by atoms with van der Waals surface area (Å²) < 4.78 is 3.52. The molecular weight excluding hydrogens is 330 g/mol. The maximum Gasteiger partial charge on any atom is -1.00 e. The monoisotopic (exact) mass is 344 g/mol.